The zero-order valence-electron chi connectivity index (χ0n) is 4.35. The van der Waals surface area contributed by atoms with Crippen LogP contribution in [0.5, 0.6) is 0 Å². The summed E-state index contributed by atoms with van der Waals surface area (Å²) in [5.41, 5.74) is 0. The van der Waals surface area contributed by atoms with Crippen LogP contribution in [0.15, 0.2) is 17.5 Å². The predicted molar refractivity (Wildman–Crippen MR) is 36.6 cm³/mol. The second-order valence-corrected chi connectivity index (χ2v) is 2.47. The van der Waals surface area contributed by atoms with Crippen molar-refractivity contribution in [2.24, 2.45) is 0 Å². The largest absolute Gasteiger partial charge is 0.150 e. The first-order chi connectivity index (χ1) is 3.43. The summed E-state index contributed by atoms with van der Waals surface area (Å²) in [7, 11) is 2.17. The lowest BCUT2D eigenvalue weighted by Crippen LogP contribution is -1.71. The predicted octanol–water partition coefficient (Wildman–Crippen LogP) is 0.881. The highest BCUT2D eigenvalue weighted by Gasteiger charge is 1.82. The molecule has 2 heteroatoms. The Bertz CT molecular complexity index is 123. The Hall–Kier alpha value is -0.235. The molecule has 0 nitrogen and oxygen atoms in total. The van der Waals surface area contributed by atoms with Crippen molar-refractivity contribution in [1.82, 2.24) is 0 Å². The van der Waals surface area contributed by atoms with Crippen LogP contribution in [0.2, 0.25) is 0 Å². The minimum atomic E-state index is 1.18. The number of hydrogen-bond acceptors (Lipinski definition) is 1. The summed E-state index contributed by atoms with van der Waals surface area (Å²) in [6.07, 6.45) is 1.18. The van der Waals surface area contributed by atoms with E-state index in [4.69, 9.17) is 0 Å². The Labute approximate surface area is 48.6 Å². The van der Waals surface area contributed by atoms with Crippen LogP contribution in [-0.4, -0.2) is 7.85 Å². The maximum atomic E-state index is 2.17. The highest BCUT2D eigenvalue weighted by Crippen LogP contribution is 2.06. The lowest BCUT2D eigenvalue weighted by Gasteiger charge is -1.78. The molecule has 0 amide bonds. The molecule has 0 N–H and O–H groups in total. The van der Waals surface area contributed by atoms with E-state index >= 15 is 0 Å². The third kappa shape index (κ3) is 1.06. The first kappa shape index (κ1) is 4.91. The molecule has 7 heavy (non-hydrogen) atoms. The molecule has 1 aromatic heterocycles. The summed E-state index contributed by atoms with van der Waals surface area (Å²) in [5.74, 6) is 0. The summed E-state index contributed by atoms with van der Waals surface area (Å²) < 4.78 is 0. The molecule has 0 aliphatic rings. The average Bonchev–Trinajstić information content (AvgIpc) is 2.14. The number of hydrogen-bond donors (Lipinski definition) is 0. The van der Waals surface area contributed by atoms with Crippen molar-refractivity contribution in [2.75, 3.05) is 0 Å². The molecule has 0 radical (unpaired) electrons. The Morgan fingerprint density at radius 1 is 1.71 bits per heavy atom. The second-order valence-electron chi connectivity index (χ2n) is 1.43. The maximum Gasteiger partial charge on any atom is 0.108 e. The molecule has 36 valence electrons. The molecule has 0 aliphatic heterocycles. The molecule has 0 aliphatic carbocycles. The molecular formula is C5H7BS. The van der Waals surface area contributed by atoms with Crippen LogP contribution in [0.25, 0.3) is 0 Å². The maximum absolute atomic E-state index is 2.17. The molecule has 0 saturated heterocycles. The fourth-order valence-electron chi connectivity index (χ4n) is 0.514. The average molecular weight is 110 g/mol. The normalized spacial score (nSPS) is 9.14. The number of thiophene rings is 1. The first-order valence-electron chi connectivity index (χ1n) is 2.46. The summed E-state index contributed by atoms with van der Waals surface area (Å²) in [6.45, 7) is 0. The van der Waals surface area contributed by atoms with Gasteiger partial charge in [-0.15, -0.1) is 11.3 Å². The van der Waals surface area contributed by atoms with Crippen LogP contribution >= 0.6 is 11.3 Å². The summed E-state index contributed by atoms with van der Waals surface area (Å²) in [4.78, 5) is 1.47. The monoisotopic (exact) mass is 110 g/mol. The molecular weight excluding hydrogens is 103 g/mol. The van der Waals surface area contributed by atoms with E-state index < -0.39 is 0 Å². The van der Waals surface area contributed by atoms with E-state index in [1.807, 2.05) is 11.3 Å². The Morgan fingerprint density at radius 3 is 2.86 bits per heavy atom. The van der Waals surface area contributed by atoms with Gasteiger partial charge in [-0.3, -0.25) is 0 Å². The lowest BCUT2D eigenvalue weighted by atomic mass is 10.0. The van der Waals surface area contributed by atoms with E-state index in [0.29, 0.717) is 0 Å². The van der Waals surface area contributed by atoms with E-state index in [1.54, 1.807) is 0 Å². The smallest absolute Gasteiger partial charge is 0.108 e. The van der Waals surface area contributed by atoms with E-state index in [2.05, 4.69) is 25.4 Å². The van der Waals surface area contributed by atoms with Crippen LogP contribution in [0.3, 0.4) is 0 Å². The lowest BCUT2D eigenvalue weighted by molar-refractivity contribution is 1.53. The van der Waals surface area contributed by atoms with Gasteiger partial charge < -0.3 is 0 Å². The van der Waals surface area contributed by atoms with Gasteiger partial charge in [0.25, 0.3) is 0 Å². The minimum Gasteiger partial charge on any atom is -0.150 e. The van der Waals surface area contributed by atoms with Crippen LogP contribution < -0.4 is 0 Å². The van der Waals surface area contributed by atoms with Crippen LogP contribution in [0, 0.1) is 0 Å². The molecule has 0 aromatic carbocycles. The fourth-order valence-corrected chi connectivity index (χ4v) is 1.17. The van der Waals surface area contributed by atoms with E-state index in [-0.39, 0.29) is 0 Å². The van der Waals surface area contributed by atoms with Crippen LogP contribution in [0.4, 0.5) is 0 Å². The highest BCUT2D eigenvalue weighted by molar-refractivity contribution is 7.10. The van der Waals surface area contributed by atoms with E-state index in [0.717, 1.165) is 0 Å². The van der Waals surface area contributed by atoms with Crippen molar-refractivity contribution >= 4 is 19.2 Å². The number of rotatable bonds is 1. The van der Waals surface area contributed by atoms with Crippen molar-refractivity contribution < 1.29 is 0 Å². The van der Waals surface area contributed by atoms with Gasteiger partial charge in [0.1, 0.15) is 7.85 Å². The second kappa shape index (κ2) is 2.17. The van der Waals surface area contributed by atoms with Gasteiger partial charge >= 0.3 is 0 Å². The van der Waals surface area contributed by atoms with Gasteiger partial charge in [0, 0.05) is 0 Å². The van der Waals surface area contributed by atoms with Gasteiger partial charge in [-0.05, 0) is 22.6 Å². The molecule has 1 rings (SSSR count). The van der Waals surface area contributed by atoms with Gasteiger partial charge in [-0.1, -0.05) is 6.07 Å². The van der Waals surface area contributed by atoms with Crippen LogP contribution in [0.1, 0.15) is 4.88 Å². The summed E-state index contributed by atoms with van der Waals surface area (Å²) in [5, 5.41) is 2.11. The minimum absolute atomic E-state index is 1.18. The van der Waals surface area contributed by atoms with Crippen molar-refractivity contribution in [3.05, 3.63) is 22.4 Å². The zero-order valence-corrected chi connectivity index (χ0v) is 5.16. The van der Waals surface area contributed by atoms with E-state index in [1.165, 1.54) is 11.2 Å². The summed E-state index contributed by atoms with van der Waals surface area (Å²) in [6, 6.07) is 4.24. The quantitative estimate of drug-likeness (QED) is 0.470. The molecule has 0 spiro atoms. The standard InChI is InChI=1S/C5H7BS/c6-4-5-2-1-3-7-5/h1-3H,4,6H2. The molecule has 1 aromatic rings. The molecule has 0 fully saturated rings. The Morgan fingerprint density at radius 2 is 2.57 bits per heavy atom. The van der Waals surface area contributed by atoms with Crippen molar-refractivity contribution in [2.45, 2.75) is 6.32 Å². The Kier molecular flexibility index (Phi) is 1.52. The van der Waals surface area contributed by atoms with Gasteiger partial charge in [0.2, 0.25) is 0 Å². The Balaban J connectivity index is 2.76. The molecule has 0 atom stereocenters. The summed E-state index contributed by atoms with van der Waals surface area (Å²) >= 11 is 1.82. The molecule has 0 saturated carbocycles. The highest BCUT2D eigenvalue weighted by atomic mass is 32.1. The molecule has 1 heterocycles. The van der Waals surface area contributed by atoms with Gasteiger partial charge in [-0.2, -0.15) is 0 Å². The zero-order chi connectivity index (χ0) is 5.11. The third-order valence-corrected chi connectivity index (χ3v) is 1.95. The van der Waals surface area contributed by atoms with Crippen molar-refractivity contribution in [3.63, 3.8) is 0 Å². The van der Waals surface area contributed by atoms with Gasteiger partial charge in [0.15, 0.2) is 0 Å². The first-order valence-corrected chi connectivity index (χ1v) is 3.34. The molecule has 0 unspecified atom stereocenters. The SMILES string of the molecule is BCc1cccs1. The fraction of sp³-hybridized carbons (Fsp3) is 0.200. The van der Waals surface area contributed by atoms with E-state index in [9.17, 15) is 0 Å². The van der Waals surface area contributed by atoms with Crippen LogP contribution in [-0.2, 0) is 6.32 Å². The van der Waals surface area contributed by atoms with Crippen molar-refractivity contribution in [1.29, 1.82) is 0 Å². The topological polar surface area (TPSA) is 0 Å². The molecule has 0 bridgehead atoms. The third-order valence-electron chi connectivity index (χ3n) is 0.929. The van der Waals surface area contributed by atoms with Crippen molar-refractivity contribution in [3.8, 4) is 0 Å². The van der Waals surface area contributed by atoms with Gasteiger partial charge in [-0.25, -0.2) is 0 Å². The van der Waals surface area contributed by atoms with Gasteiger partial charge in [0.05, 0.1) is 0 Å².